The molecule has 0 aliphatic carbocycles. The monoisotopic (exact) mass is 315 g/mol. The van der Waals surface area contributed by atoms with Crippen molar-refractivity contribution >= 4 is 33.4 Å². The molecule has 0 bridgehead atoms. The molecule has 4 heteroatoms. The molecule has 1 aliphatic heterocycles. The van der Waals surface area contributed by atoms with Crippen molar-refractivity contribution in [2.75, 3.05) is 23.7 Å². The molecular weight excluding hydrogens is 298 g/mol. The molecule has 0 spiro atoms. The Morgan fingerprint density at radius 2 is 2.29 bits per heavy atom. The topological polar surface area (TPSA) is 23.5 Å². The Bertz CT molecular complexity index is 397. The highest BCUT2D eigenvalue weighted by atomic mass is 79.9. The van der Waals surface area contributed by atoms with Crippen LogP contribution in [0.2, 0.25) is 0 Å². The smallest absolute Gasteiger partial charge is 0.0782 e. The molecule has 1 saturated heterocycles. The summed E-state index contributed by atoms with van der Waals surface area (Å²) in [7, 11) is 0. The highest BCUT2D eigenvalue weighted by Gasteiger charge is 2.20. The van der Waals surface area contributed by atoms with Crippen molar-refractivity contribution in [1.82, 2.24) is 0 Å². The molecule has 1 aromatic rings. The van der Waals surface area contributed by atoms with E-state index >= 15 is 0 Å². The summed E-state index contributed by atoms with van der Waals surface area (Å²) in [6.45, 7) is 6.22. The van der Waals surface area contributed by atoms with Crippen LogP contribution in [-0.4, -0.2) is 29.2 Å². The fourth-order valence-corrected chi connectivity index (χ4v) is 3.58. The first kappa shape index (κ1) is 13.2. The fraction of sp³-hybridized carbons (Fsp3) is 0.538. The lowest BCUT2D eigenvalue weighted by molar-refractivity contribution is 0.199. The molecule has 0 radical (unpaired) electrons. The van der Waals surface area contributed by atoms with Crippen LogP contribution < -0.4 is 4.90 Å². The first-order valence-electron chi connectivity index (χ1n) is 5.92. The lowest BCUT2D eigenvalue weighted by Crippen LogP contribution is -2.37. The molecule has 0 aromatic heterocycles. The van der Waals surface area contributed by atoms with Crippen LogP contribution in [0.15, 0.2) is 22.7 Å². The Morgan fingerprint density at radius 1 is 1.53 bits per heavy atom. The van der Waals surface area contributed by atoms with E-state index in [1.807, 2.05) is 30.8 Å². The Balaban J connectivity index is 2.30. The Hall–Kier alpha value is -0.190. The standard InChI is InChI=1S/C13H18BrNOS/c1-9-8-15(5-6-17-9)13-4-3-11(14)7-12(13)10(2)16/h3-4,7,9-10,16H,5-6,8H2,1-2H3. The van der Waals surface area contributed by atoms with Crippen LogP contribution in [0.1, 0.15) is 25.5 Å². The Kier molecular flexibility index (Phi) is 4.39. The van der Waals surface area contributed by atoms with Gasteiger partial charge in [0.2, 0.25) is 0 Å². The van der Waals surface area contributed by atoms with Crippen molar-refractivity contribution in [3.8, 4) is 0 Å². The van der Waals surface area contributed by atoms with Crippen LogP contribution in [0.5, 0.6) is 0 Å². The van der Waals surface area contributed by atoms with Gasteiger partial charge in [0.05, 0.1) is 6.10 Å². The third kappa shape index (κ3) is 3.18. The van der Waals surface area contributed by atoms with E-state index in [-0.39, 0.29) is 0 Å². The average Bonchev–Trinajstić information content (AvgIpc) is 2.28. The quantitative estimate of drug-likeness (QED) is 0.904. The van der Waals surface area contributed by atoms with Crippen LogP contribution in [0, 0.1) is 0 Å². The summed E-state index contributed by atoms with van der Waals surface area (Å²) in [6.07, 6.45) is -0.424. The van der Waals surface area contributed by atoms with Gasteiger partial charge in [-0.25, -0.2) is 0 Å². The molecule has 0 saturated carbocycles. The van der Waals surface area contributed by atoms with Crippen molar-refractivity contribution < 1.29 is 5.11 Å². The summed E-state index contributed by atoms with van der Waals surface area (Å²) >= 11 is 5.49. The zero-order valence-electron chi connectivity index (χ0n) is 10.2. The summed E-state index contributed by atoms with van der Waals surface area (Å²) < 4.78 is 1.02. The van der Waals surface area contributed by atoms with Crippen LogP contribution in [0.4, 0.5) is 5.69 Å². The normalized spacial score (nSPS) is 22.6. The molecule has 1 aliphatic rings. The predicted octanol–water partition coefficient (Wildman–Crippen LogP) is 3.44. The third-order valence-corrected chi connectivity index (χ3v) is 4.65. The van der Waals surface area contributed by atoms with Gasteiger partial charge in [-0.15, -0.1) is 0 Å². The summed E-state index contributed by atoms with van der Waals surface area (Å²) in [5, 5.41) is 10.5. The number of aliphatic hydroxyl groups excluding tert-OH is 1. The van der Waals surface area contributed by atoms with Gasteiger partial charge >= 0.3 is 0 Å². The second-order valence-corrected chi connectivity index (χ2v) is 6.97. The highest BCUT2D eigenvalue weighted by Crippen LogP contribution is 2.32. The lowest BCUT2D eigenvalue weighted by atomic mass is 10.1. The molecule has 17 heavy (non-hydrogen) atoms. The molecular formula is C13H18BrNOS. The maximum Gasteiger partial charge on any atom is 0.0782 e. The van der Waals surface area contributed by atoms with Crippen molar-refractivity contribution in [2.24, 2.45) is 0 Å². The average molecular weight is 316 g/mol. The van der Waals surface area contributed by atoms with Crippen LogP contribution in [0.25, 0.3) is 0 Å². The molecule has 1 fully saturated rings. The van der Waals surface area contributed by atoms with E-state index in [9.17, 15) is 5.11 Å². The zero-order valence-corrected chi connectivity index (χ0v) is 12.6. The maximum atomic E-state index is 9.87. The van der Waals surface area contributed by atoms with Gasteiger partial charge in [0, 0.05) is 39.8 Å². The molecule has 0 amide bonds. The summed E-state index contributed by atoms with van der Waals surface area (Å²) in [4.78, 5) is 2.38. The number of benzene rings is 1. The summed E-state index contributed by atoms with van der Waals surface area (Å²) in [5.41, 5.74) is 2.19. The van der Waals surface area contributed by atoms with Gasteiger partial charge in [-0.1, -0.05) is 22.9 Å². The number of nitrogens with zero attached hydrogens (tertiary/aromatic N) is 1. The minimum atomic E-state index is -0.424. The Morgan fingerprint density at radius 3 is 2.94 bits per heavy atom. The van der Waals surface area contributed by atoms with E-state index in [1.54, 1.807) is 0 Å². The molecule has 1 heterocycles. The van der Waals surface area contributed by atoms with Crippen molar-refractivity contribution in [2.45, 2.75) is 25.2 Å². The summed E-state index contributed by atoms with van der Waals surface area (Å²) in [5.74, 6) is 1.16. The first-order chi connectivity index (χ1) is 8.08. The van der Waals surface area contributed by atoms with Crippen LogP contribution in [-0.2, 0) is 0 Å². The molecule has 2 nitrogen and oxygen atoms in total. The minimum absolute atomic E-state index is 0.424. The van der Waals surface area contributed by atoms with Crippen molar-refractivity contribution in [3.63, 3.8) is 0 Å². The lowest BCUT2D eigenvalue weighted by Gasteiger charge is -2.34. The van der Waals surface area contributed by atoms with Gasteiger partial charge in [-0.05, 0) is 25.1 Å². The van der Waals surface area contributed by atoms with Crippen LogP contribution in [0.3, 0.4) is 0 Å². The van der Waals surface area contributed by atoms with E-state index in [0.29, 0.717) is 5.25 Å². The van der Waals surface area contributed by atoms with Gasteiger partial charge in [0.25, 0.3) is 0 Å². The fourth-order valence-electron chi connectivity index (χ4n) is 2.19. The number of thioether (sulfide) groups is 1. The predicted molar refractivity (Wildman–Crippen MR) is 78.9 cm³/mol. The van der Waals surface area contributed by atoms with E-state index in [4.69, 9.17) is 0 Å². The number of aliphatic hydroxyl groups is 1. The van der Waals surface area contributed by atoms with Gasteiger partial charge in [-0.3, -0.25) is 0 Å². The number of hydrogen-bond donors (Lipinski definition) is 1. The van der Waals surface area contributed by atoms with Gasteiger partial charge in [0.15, 0.2) is 0 Å². The third-order valence-electron chi connectivity index (χ3n) is 3.02. The highest BCUT2D eigenvalue weighted by molar-refractivity contribution is 9.10. The maximum absolute atomic E-state index is 9.87. The molecule has 2 rings (SSSR count). The SMILES string of the molecule is CC1CN(c2ccc(Br)cc2C(C)O)CCS1. The number of rotatable bonds is 2. The van der Waals surface area contributed by atoms with Gasteiger partial charge in [-0.2, -0.15) is 11.8 Å². The second-order valence-electron chi connectivity index (χ2n) is 4.51. The zero-order chi connectivity index (χ0) is 12.4. The molecule has 2 unspecified atom stereocenters. The van der Waals surface area contributed by atoms with E-state index in [2.05, 4.69) is 33.8 Å². The number of anilines is 1. The first-order valence-corrected chi connectivity index (χ1v) is 7.76. The second kappa shape index (κ2) is 5.63. The van der Waals surface area contributed by atoms with Gasteiger partial charge < -0.3 is 10.0 Å². The number of hydrogen-bond acceptors (Lipinski definition) is 3. The largest absolute Gasteiger partial charge is 0.389 e. The van der Waals surface area contributed by atoms with Crippen molar-refractivity contribution in [3.05, 3.63) is 28.2 Å². The van der Waals surface area contributed by atoms with E-state index in [0.717, 1.165) is 28.9 Å². The Labute approximate surface area is 116 Å². The molecule has 1 aromatic carbocycles. The van der Waals surface area contributed by atoms with Crippen LogP contribution >= 0.6 is 27.7 Å². The minimum Gasteiger partial charge on any atom is -0.389 e. The number of halogens is 1. The molecule has 94 valence electrons. The van der Waals surface area contributed by atoms with Crippen molar-refractivity contribution in [1.29, 1.82) is 0 Å². The van der Waals surface area contributed by atoms with E-state index in [1.165, 1.54) is 5.69 Å². The summed E-state index contributed by atoms with van der Waals surface area (Å²) in [6, 6.07) is 6.18. The molecule has 1 N–H and O–H groups in total. The van der Waals surface area contributed by atoms with Gasteiger partial charge in [0.1, 0.15) is 0 Å². The van der Waals surface area contributed by atoms with E-state index < -0.39 is 6.10 Å². The molecule has 2 atom stereocenters.